The van der Waals surface area contributed by atoms with Crippen LogP contribution in [0.15, 0.2) is 32.8 Å². The highest BCUT2D eigenvalue weighted by atomic mass is 16.6. The molecule has 2 fully saturated rings. The van der Waals surface area contributed by atoms with Crippen molar-refractivity contribution in [1.29, 1.82) is 0 Å². The van der Waals surface area contributed by atoms with Crippen molar-refractivity contribution in [2.45, 2.75) is 55.6 Å². The number of nitrogen functional groups attached to an aromatic ring is 1. The maximum absolute atomic E-state index is 13.0. The summed E-state index contributed by atoms with van der Waals surface area (Å²) in [7, 11) is 0. The zero-order valence-corrected chi connectivity index (χ0v) is 17.6. The molecule has 6 atom stereocenters. The first-order chi connectivity index (χ1) is 15.6. The van der Waals surface area contributed by atoms with Gasteiger partial charge in [-0.15, -0.1) is 0 Å². The maximum Gasteiger partial charge on any atom is 0.352 e. The fourth-order valence-corrected chi connectivity index (χ4v) is 4.62. The lowest BCUT2D eigenvalue weighted by atomic mass is 9.89. The fourth-order valence-electron chi connectivity index (χ4n) is 4.62. The Morgan fingerprint density at radius 2 is 1.64 bits per heavy atom. The second kappa shape index (κ2) is 8.16. The van der Waals surface area contributed by atoms with Gasteiger partial charge in [0.25, 0.3) is 5.56 Å². The average Bonchev–Trinajstić information content (AvgIpc) is 3.29. The van der Waals surface area contributed by atoms with E-state index in [-0.39, 0.29) is 24.2 Å². The van der Waals surface area contributed by atoms with Crippen LogP contribution in [-0.2, 0) is 20.9 Å². The number of nitrogens with two attached hydrogens (primary N) is 1. The summed E-state index contributed by atoms with van der Waals surface area (Å²) in [5.74, 6) is -0.102. The van der Waals surface area contributed by atoms with Crippen LogP contribution in [0.3, 0.4) is 0 Å². The van der Waals surface area contributed by atoms with E-state index in [2.05, 4.69) is 9.97 Å². The lowest BCUT2D eigenvalue weighted by Gasteiger charge is -2.46. The van der Waals surface area contributed by atoms with Gasteiger partial charge in [0.05, 0.1) is 25.4 Å². The number of aryl methyl sites for hydroxylation is 1. The molecule has 0 unspecified atom stereocenters. The van der Waals surface area contributed by atoms with E-state index in [1.54, 1.807) is 0 Å². The second-order valence-electron chi connectivity index (χ2n) is 8.24. The van der Waals surface area contributed by atoms with Crippen molar-refractivity contribution in [3.8, 4) is 0 Å². The number of anilines is 1. The minimum atomic E-state index is -2.06. The van der Waals surface area contributed by atoms with Crippen molar-refractivity contribution in [1.82, 2.24) is 19.1 Å². The molecule has 2 saturated heterocycles. The van der Waals surface area contributed by atoms with Crippen molar-refractivity contribution in [2.24, 2.45) is 0 Å². The van der Waals surface area contributed by atoms with Crippen molar-refractivity contribution in [3.05, 3.63) is 55.3 Å². The summed E-state index contributed by atoms with van der Waals surface area (Å²) in [6.07, 6.45) is -3.39. The lowest BCUT2D eigenvalue weighted by Crippen LogP contribution is -2.63. The quantitative estimate of drug-likeness (QED) is 0.251. The Labute approximate surface area is 185 Å². The highest BCUT2D eigenvalue weighted by Gasteiger charge is 2.68. The molecule has 0 saturated carbocycles. The molecular formula is C19H25N5O9. The van der Waals surface area contributed by atoms with Crippen LogP contribution in [-0.4, -0.2) is 77.2 Å². The number of nitrogens with zero attached hydrogens (tertiary/aromatic N) is 3. The zero-order valence-electron chi connectivity index (χ0n) is 17.6. The number of hydrogen-bond donors (Lipinski definition) is 6. The van der Waals surface area contributed by atoms with E-state index >= 15 is 0 Å². The monoisotopic (exact) mass is 467 g/mol. The van der Waals surface area contributed by atoms with Crippen molar-refractivity contribution < 1.29 is 29.9 Å². The van der Waals surface area contributed by atoms with Gasteiger partial charge in [-0.25, -0.2) is 9.59 Å². The minimum Gasteiger partial charge on any atom is -0.394 e. The van der Waals surface area contributed by atoms with Crippen molar-refractivity contribution >= 4 is 5.82 Å². The molecule has 180 valence electrons. The summed E-state index contributed by atoms with van der Waals surface area (Å²) in [5, 5.41) is 40.8. The third kappa shape index (κ3) is 3.42. The Morgan fingerprint density at radius 3 is 2.12 bits per heavy atom. The number of nitrogens with one attached hydrogen (secondary N) is 1. The lowest BCUT2D eigenvalue weighted by molar-refractivity contribution is -0.286. The van der Waals surface area contributed by atoms with Gasteiger partial charge < -0.3 is 35.6 Å². The smallest absolute Gasteiger partial charge is 0.352 e. The molecule has 4 heterocycles. The van der Waals surface area contributed by atoms with Crippen molar-refractivity contribution in [3.63, 3.8) is 0 Å². The van der Waals surface area contributed by atoms with E-state index in [1.807, 2.05) is 0 Å². The Kier molecular flexibility index (Phi) is 5.76. The van der Waals surface area contributed by atoms with E-state index in [4.69, 9.17) is 15.2 Å². The van der Waals surface area contributed by atoms with E-state index in [9.17, 15) is 34.8 Å². The number of rotatable bonds is 5. The molecule has 2 aliphatic rings. The van der Waals surface area contributed by atoms with Gasteiger partial charge >= 0.3 is 11.4 Å². The van der Waals surface area contributed by atoms with Gasteiger partial charge in [0.15, 0.2) is 0 Å². The summed E-state index contributed by atoms with van der Waals surface area (Å²) in [6, 6.07) is 1.29. The van der Waals surface area contributed by atoms with Gasteiger partial charge in [0.1, 0.15) is 18.0 Å². The fraction of sp³-hybridized carbons (Fsp3) is 0.579. The molecule has 33 heavy (non-hydrogen) atoms. The predicted octanol–water partition coefficient (Wildman–Crippen LogP) is -3.73. The molecule has 0 aromatic carbocycles. The first-order valence-electron chi connectivity index (χ1n) is 10.2. The molecule has 2 aliphatic heterocycles. The number of H-pyrrole nitrogens is 1. The van der Waals surface area contributed by atoms with Crippen LogP contribution in [0.1, 0.15) is 18.4 Å². The van der Waals surface area contributed by atoms with Crippen LogP contribution >= 0.6 is 0 Å². The highest BCUT2D eigenvalue weighted by molar-refractivity contribution is 5.24. The average molecular weight is 467 g/mol. The van der Waals surface area contributed by atoms with Crippen molar-refractivity contribution in [2.75, 3.05) is 18.9 Å². The second-order valence-corrected chi connectivity index (χ2v) is 8.24. The topological polar surface area (TPSA) is 215 Å². The largest absolute Gasteiger partial charge is 0.394 e. The summed E-state index contributed by atoms with van der Waals surface area (Å²) in [6.45, 7) is 0.153. The standard InChI is InChI=1S/C19H25N5O9/c1-9-6-24(17(31)22-15(9)29)19(5-11(28)13(8-26)33-19)18(4-10(27)12(7-25)32-18)23-3-2-14(20)21-16(23)30/h2-3,6,10-13,25-28H,4-5,7-8H2,1H3,(H2,20,21,30)(H,22,29,31)/t10-,11-,12+,13+,18-,19-/m0/s1. The van der Waals surface area contributed by atoms with Crippen LogP contribution < -0.4 is 22.7 Å². The Morgan fingerprint density at radius 1 is 1.09 bits per heavy atom. The number of aromatic nitrogens is 4. The number of aromatic amines is 1. The molecule has 14 heteroatoms. The van der Waals surface area contributed by atoms with Crippen LogP contribution in [0.2, 0.25) is 0 Å². The SMILES string of the molecule is Cc1cn([C@@]2([C@]3(n4ccc(N)nc4=O)C[C@H](O)[C@@H](CO)O3)C[C@H](O)[C@@H](CO)O2)c(=O)[nH]c1=O. The summed E-state index contributed by atoms with van der Waals surface area (Å²) >= 11 is 0. The van der Waals surface area contributed by atoms with Gasteiger partial charge in [-0.2, -0.15) is 4.98 Å². The van der Waals surface area contributed by atoms with Crippen LogP contribution in [0.5, 0.6) is 0 Å². The molecule has 0 bridgehead atoms. The normalized spacial score (nSPS) is 34.1. The number of hydrogen-bond acceptors (Lipinski definition) is 11. The number of ether oxygens (including phenoxy) is 2. The molecule has 2 aromatic heterocycles. The van der Waals surface area contributed by atoms with E-state index < -0.39 is 66.0 Å². The van der Waals surface area contributed by atoms with Crippen LogP contribution in [0.4, 0.5) is 5.82 Å². The molecule has 0 aliphatic carbocycles. The number of aliphatic hydroxyl groups excluding tert-OH is 4. The first kappa shape index (κ1) is 23.3. The molecule has 14 nitrogen and oxygen atoms in total. The Balaban J connectivity index is 2.09. The highest BCUT2D eigenvalue weighted by Crippen LogP contribution is 2.53. The third-order valence-corrected chi connectivity index (χ3v) is 6.22. The van der Waals surface area contributed by atoms with Crippen LogP contribution in [0.25, 0.3) is 0 Å². The summed E-state index contributed by atoms with van der Waals surface area (Å²) < 4.78 is 14.0. The van der Waals surface area contributed by atoms with Gasteiger partial charge in [0, 0.05) is 30.8 Å². The van der Waals surface area contributed by atoms with Gasteiger partial charge in [-0.05, 0) is 13.0 Å². The van der Waals surface area contributed by atoms with Gasteiger partial charge in [-0.1, -0.05) is 0 Å². The molecule has 2 aromatic rings. The molecule has 7 N–H and O–H groups in total. The summed E-state index contributed by atoms with van der Waals surface area (Å²) in [5.41, 5.74) is -0.901. The minimum absolute atomic E-state index is 0.102. The molecule has 4 rings (SSSR count). The Bertz CT molecular complexity index is 1230. The molecule has 0 spiro atoms. The first-order valence-corrected chi connectivity index (χ1v) is 10.2. The molecule has 0 radical (unpaired) electrons. The summed E-state index contributed by atoms with van der Waals surface area (Å²) in [4.78, 5) is 43.8. The predicted molar refractivity (Wildman–Crippen MR) is 110 cm³/mol. The van der Waals surface area contributed by atoms with Gasteiger partial charge in [-0.3, -0.25) is 18.9 Å². The number of aliphatic hydroxyl groups is 4. The van der Waals surface area contributed by atoms with Gasteiger partial charge in [0.2, 0.25) is 11.4 Å². The maximum atomic E-state index is 13.0. The molecule has 0 amide bonds. The zero-order chi connectivity index (χ0) is 24.1. The van der Waals surface area contributed by atoms with Crippen LogP contribution in [0, 0.1) is 6.92 Å². The van der Waals surface area contributed by atoms with E-state index in [0.29, 0.717) is 0 Å². The van der Waals surface area contributed by atoms with E-state index in [1.165, 1.54) is 25.4 Å². The third-order valence-electron chi connectivity index (χ3n) is 6.22. The molecular weight excluding hydrogens is 442 g/mol. The van der Waals surface area contributed by atoms with E-state index in [0.717, 1.165) is 9.13 Å². The Hall–Kier alpha value is -2.88.